The Hall–Kier alpha value is -3.15. The molecule has 1 aliphatic rings. The standard InChI is InChI=1S/C23H28N4O2/c24-22(25)18-10-7-11-19(14-18)23(29)27(20-12-5-2-6-13-20)16-21(28)26-15-17-8-3-1-4-9-17/h2,5-7,10-14,17H,1,3-4,8-9,15-16H2,(H3,24,25)(H,26,28). The Morgan fingerprint density at radius 3 is 2.38 bits per heavy atom. The molecule has 0 heterocycles. The Morgan fingerprint density at radius 1 is 1.00 bits per heavy atom. The Balaban J connectivity index is 1.74. The van der Waals surface area contributed by atoms with Gasteiger partial charge in [-0.25, -0.2) is 0 Å². The summed E-state index contributed by atoms with van der Waals surface area (Å²) in [6.45, 7) is 0.606. The van der Waals surface area contributed by atoms with E-state index in [0.29, 0.717) is 29.3 Å². The smallest absolute Gasteiger partial charge is 0.258 e. The highest BCUT2D eigenvalue weighted by Crippen LogP contribution is 2.23. The van der Waals surface area contributed by atoms with Crippen molar-refractivity contribution >= 4 is 23.3 Å². The minimum absolute atomic E-state index is 0.0557. The lowest BCUT2D eigenvalue weighted by molar-refractivity contribution is -0.119. The van der Waals surface area contributed by atoms with Crippen LogP contribution in [0.3, 0.4) is 0 Å². The summed E-state index contributed by atoms with van der Waals surface area (Å²) in [7, 11) is 0. The van der Waals surface area contributed by atoms with E-state index in [1.165, 1.54) is 24.2 Å². The van der Waals surface area contributed by atoms with Gasteiger partial charge in [-0.15, -0.1) is 0 Å². The number of hydrogen-bond donors (Lipinski definition) is 3. The van der Waals surface area contributed by atoms with Gasteiger partial charge in [-0.2, -0.15) is 0 Å². The van der Waals surface area contributed by atoms with Crippen molar-refractivity contribution in [1.29, 1.82) is 5.41 Å². The minimum atomic E-state index is -0.299. The average Bonchev–Trinajstić information content (AvgIpc) is 2.77. The second-order valence-electron chi connectivity index (χ2n) is 7.53. The van der Waals surface area contributed by atoms with Gasteiger partial charge in [0.05, 0.1) is 0 Å². The highest BCUT2D eigenvalue weighted by Gasteiger charge is 2.22. The number of anilines is 1. The lowest BCUT2D eigenvalue weighted by Crippen LogP contribution is -2.42. The summed E-state index contributed by atoms with van der Waals surface area (Å²) in [5.41, 5.74) is 7.07. The molecule has 0 unspecified atom stereocenters. The van der Waals surface area contributed by atoms with Gasteiger partial charge in [0, 0.05) is 23.4 Å². The van der Waals surface area contributed by atoms with Crippen LogP contribution < -0.4 is 16.0 Å². The third-order valence-electron chi connectivity index (χ3n) is 5.35. The number of amidine groups is 1. The number of nitrogens with one attached hydrogen (secondary N) is 2. The zero-order valence-corrected chi connectivity index (χ0v) is 16.6. The van der Waals surface area contributed by atoms with Crippen molar-refractivity contribution in [2.45, 2.75) is 32.1 Å². The molecule has 6 heteroatoms. The Kier molecular flexibility index (Phi) is 7.00. The molecule has 1 fully saturated rings. The highest BCUT2D eigenvalue weighted by molar-refractivity contribution is 6.10. The van der Waals surface area contributed by atoms with Crippen LogP contribution in [0.4, 0.5) is 5.69 Å². The van der Waals surface area contributed by atoms with Gasteiger partial charge in [0.25, 0.3) is 5.91 Å². The number of nitrogens with zero attached hydrogens (tertiary/aromatic N) is 1. The van der Waals surface area contributed by atoms with E-state index in [9.17, 15) is 9.59 Å². The fourth-order valence-electron chi connectivity index (χ4n) is 3.71. The largest absolute Gasteiger partial charge is 0.384 e. The molecule has 3 rings (SSSR count). The number of amides is 2. The lowest BCUT2D eigenvalue weighted by atomic mass is 9.89. The van der Waals surface area contributed by atoms with E-state index in [2.05, 4.69) is 5.32 Å². The molecule has 0 aliphatic heterocycles. The molecule has 1 saturated carbocycles. The SMILES string of the molecule is N=C(N)c1cccc(C(=O)N(CC(=O)NCC2CCCCC2)c2ccccc2)c1. The predicted molar refractivity (Wildman–Crippen MR) is 115 cm³/mol. The van der Waals surface area contributed by atoms with E-state index < -0.39 is 0 Å². The first-order chi connectivity index (χ1) is 14.0. The number of rotatable bonds is 7. The van der Waals surface area contributed by atoms with Crippen molar-refractivity contribution in [1.82, 2.24) is 5.32 Å². The number of carbonyl (C=O) groups excluding carboxylic acids is 2. The topological polar surface area (TPSA) is 99.3 Å². The summed E-state index contributed by atoms with van der Waals surface area (Å²) in [6.07, 6.45) is 6.03. The van der Waals surface area contributed by atoms with Gasteiger partial charge in [-0.3, -0.25) is 19.9 Å². The van der Waals surface area contributed by atoms with Gasteiger partial charge in [0.1, 0.15) is 12.4 Å². The maximum absolute atomic E-state index is 13.2. The van der Waals surface area contributed by atoms with E-state index in [4.69, 9.17) is 11.1 Å². The van der Waals surface area contributed by atoms with E-state index in [1.807, 2.05) is 18.2 Å². The first-order valence-corrected chi connectivity index (χ1v) is 10.1. The molecule has 0 atom stereocenters. The molecule has 2 aromatic carbocycles. The predicted octanol–water partition coefficient (Wildman–Crippen LogP) is 3.31. The number of para-hydroxylation sites is 1. The van der Waals surface area contributed by atoms with Crippen LogP contribution in [-0.4, -0.2) is 30.7 Å². The third-order valence-corrected chi connectivity index (χ3v) is 5.35. The summed E-state index contributed by atoms with van der Waals surface area (Å²) >= 11 is 0. The van der Waals surface area contributed by atoms with Crippen molar-refractivity contribution in [3.8, 4) is 0 Å². The molecule has 6 nitrogen and oxygen atoms in total. The Labute approximate surface area is 171 Å². The van der Waals surface area contributed by atoms with Crippen molar-refractivity contribution < 1.29 is 9.59 Å². The average molecular weight is 393 g/mol. The highest BCUT2D eigenvalue weighted by atomic mass is 16.2. The molecule has 152 valence electrons. The van der Waals surface area contributed by atoms with Crippen LogP contribution >= 0.6 is 0 Å². The van der Waals surface area contributed by atoms with Crippen LogP contribution in [0.25, 0.3) is 0 Å². The summed E-state index contributed by atoms with van der Waals surface area (Å²) in [5, 5.41) is 10.6. The van der Waals surface area contributed by atoms with Crippen LogP contribution in [0.1, 0.15) is 48.0 Å². The molecular formula is C23H28N4O2. The van der Waals surface area contributed by atoms with Gasteiger partial charge < -0.3 is 11.1 Å². The number of hydrogen-bond acceptors (Lipinski definition) is 3. The number of nitrogen functional groups attached to an aromatic ring is 1. The van der Waals surface area contributed by atoms with Gasteiger partial charge in [-0.05, 0) is 43.0 Å². The fourth-order valence-corrected chi connectivity index (χ4v) is 3.71. The normalized spacial score (nSPS) is 14.2. The molecule has 0 saturated heterocycles. The van der Waals surface area contributed by atoms with E-state index in [1.54, 1.807) is 36.4 Å². The second kappa shape index (κ2) is 9.87. The molecule has 29 heavy (non-hydrogen) atoms. The summed E-state index contributed by atoms with van der Waals surface area (Å²) < 4.78 is 0. The third kappa shape index (κ3) is 5.67. The molecule has 0 bridgehead atoms. The van der Waals surface area contributed by atoms with E-state index in [-0.39, 0.29) is 24.2 Å². The number of carbonyl (C=O) groups is 2. The van der Waals surface area contributed by atoms with Crippen molar-refractivity contribution in [2.24, 2.45) is 11.7 Å². The minimum Gasteiger partial charge on any atom is -0.384 e. The van der Waals surface area contributed by atoms with Crippen molar-refractivity contribution in [3.63, 3.8) is 0 Å². The lowest BCUT2D eigenvalue weighted by Gasteiger charge is -2.25. The maximum atomic E-state index is 13.2. The Bertz CT molecular complexity index is 860. The zero-order valence-electron chi connectivity index (χ0n) is 16.6. The first kappa shape index (κ1) is 20.6. The second-order valence-corrected chi connectivity index (χ2v) is 7.53. The van der Waals surface area contributed by atoms with Crippen LogP contribution in [0.2, 0.25) is 0 Å². The van der Waals surface area contributed by atoms with Crippen LogP contribution in [0.5, 0.6) is 0 Å². The van der Waals surface area contributed by atoms with Crippen LogP contribution in [0.15, 0.2) is 54.6 Å². The van der Waals surface area contributed by atoms with Gasteiger partial charge >= 0.3 is 0 Å². The number of nitrogens with two attached hydrogens (primary N) is 1. The molecule has 1 aliphatic carbocycles. The fraction of sp³-hybridized carbons (Fsp3) is 0.348. The molecular weight excluding hydrogens is 364 g/mol. The molecule has 0 aromatic heterocycles. The van der Waals surface area contributed by atoms with E-state index in [0.717, 1.165) is 12.8 Å². The van der Waals surface area contributed by atoms with Gasteiger partial charge in [0.2, 0.25) is 5.91 Å². The maximum Gasteiger partial charge on any atom is 0.258 e. The molecule has 4 N–H and O–H groups in total. The monoisotopic (exact) mass is 392 g/mol. The number of benzene rings is 2. The molecule has 0 spiro atoms. The molecule has 0 radical (unpaired) electrons. The summed E-state index contributed by atoms with van der Waals surface area (Å²) in [5.74, 6) is -0.0421. The van der Waals surface area contributed by atoms with Crippen molar-refractivity contribution in [3.05, 3.63) is 65.7 Å². The summed E-state index contributed by atoms with van der Waals surface area (Å²) in [6, 6.07) is 15.8. The van der Waals surface area contributed by atoms with Gasteiger partial charge in [-0.1, -0.05) is 49.6 Å². The van der Waals surface area contributed by atoms with Crippen molar-refractivity contribution in [2.75, 3.05) is 18.0 Å². The summed E-state index contributed by atoms with van der Waals surface area (Å²) in [4.78, 5) is 27.3. The quantitative estimate of drug-likeness (QED) is 0.498. The zero-order chi connectivity index (χ0) is 20.6. The Morgan fingerprint density at radius 2 is 1.69 bits per heavy atom. The molecule has 2 amide bonds. The van der Waals surface area contributed by atoms with Crippen LogP contribution in [0, 0.1) is 11.3 Å². The van der Waals surface area contributed by atoms with Crippen LogP contribution in [-0.2, 0) is 4.79 Å². The first-order valence-electron chi connectivity index (χ1n) is 10.1. The molecule has 2 aromatic rings. The van der Waals surface area contributed by atoms with Gasteiger partial charge in [0.15, 0.2) is 0 Å². The van der Waals surface area contributed by atoms with E-state index >= 15 is 0 Å².